The molecule has 5 nitrogen and oxygen atoms in total. The van der Waals surface area contributed by atoms with Gasteiger partial charge in [0.05, 0.1) is 12.2 Å². The van der Waals surface area contributed by atoms with E-state index in [9.17, 15) is 0 Å². The number of pyridine rings is 1. The van der Waals surface area contributed by atoms with Gasteiger partial charge < -0.3 is 10.3 Å². The summed E-state index contributed by atoms with van der Waals surface area (Å²) < 4.78 is 0. The largest absolute Gasteiger partial charge is 0.366 e. The predicted molar refractivity (Wildman–Crippen MR) is 76.6 cm³/mol. The molecule has 94 valence electrons. The smallest absolute Gasteiger partial charge is 0.158 e. The lowest BCUT2D eigenvalue weighted by Crippen LogP contribution is -2.19. The van der Waals surface area contributed by atoms with Crippen molar-refractivity contribution >= 4 is 28.2 Å². The lowest BCUT2D eigenvalue weighted by molar-refractivity contribution is 0.959. The third kappa shape index (κ3) is 1.72. The number of amidine groups is 1. The Balaban J connectivity index is 1.80. The van der Waals surface area contributed by atoms with E-state index in [1.165, 1.54) is 0 Å². The van der Waals surface area contributed by atoms with Crippen LogP contribution in [0.5, 0.6) is 0 Å². The van der Waals surface area contributed by atoms with Crippen molar-refractivity contribution in [1.29, 1.82) is 0 Å². The zero-order valence-corrected chi connectivity index (χ0v) is 10.9. The van der Waals surface area contributed by atoms with Gasteiger partial charge in [-0.2, -0.15) is 0 Å². The molecule has 19 heavy (non-hydrogen) atoms. The fourth-order valence-corrected chi connectivity index (χ4v) is 3.02. The lowest BCUT2D eigenvalue weighted by Gasteiger charge is -1.96. The third-order valence-electron chi connectivity index (χ3n) is 3.11. The van der Waals surface area contributed by atoms with Gasteiger partial charge in [-0.3, -0.25) is 4.99 Å². The summed E-state index contributed by atoms with van der Waals surface area (Å²) in [4.78, 5) is 16.5. The third-order valence-corrected chi connectivity index (χ3v) is 3.96. The molecule has 0 spiro atoms. The van der Waals surface area contributed by atoms with Crippen LogP contribution in [0.4, 0.5) is 0 Å². The van der Waals surface area contributed by atoms with E-state index in [0.717, 1.165) is 46.2 Å². The van der Waals surface area contributed by atoms with Gasteiger partial charge >= 0.3 is 0 Å². The highest BCUT2D eigenvalue weighted by Crippen LogP contribution is 2.28. The van der Waals surface area contributed by atoms with Crippen LogP contribution in [0.1, 0.15) is 5.01 Å². The van der Waals surface area contributed by atoms with Crippen molar-refractivity contribution in [3.63, 3.8) is 0 Å². The van der Waals surface area contributed by atoms with Crippen molar-refractivity contribution in [2.24, 2.45) is 4.99 Å². The fraction of sp³-hybridized carbons (Fsp3) is 0.154. The Bertz CT molecular complexity index is 770. The van der Waals surface area contributed by atoms with E-state index in [-0.39, 0.29) is 0 Å². The standard InChI is InChI=1S/C13H11N5S/c1-2-8-9(6-17-11(8)14-3-1)10-7-19-13(18-10)12-15-4-5-16-12/h1-3,6-7H,4-5H2,(H,14,17)(H,15,16). The summed E-state index contributed by atoms with van der Waals surface area (Å²) >= 11 is 1.61. The molecule has 3 aromatic rings. The molecular weight excluding hydrogens is 258 g/mol. The topological polar surface area (TPSA) is 66.0 Å². The first-order chi connectivity index (χ1) is 9.42. The summed E-state index contributed by atoms with van der Waals surface area (Å²) in [5, 5.41) is 7.36. The minimum absolute atomic E-state index is 0.835. The number of hydrogen-bond donors (Lipinski definition) is 2. The molecule has 0 saturated carbocycles. The van der Waals surface area contributed by atoms with E-state index < -0.39 is 0 Å². The highest BCUT2D eigenvalue weighted by atomic mass is 32.1. The molecule has 0 radical (unpaired) electrons. The van der Waals surface area contributed by atoms with Crippen molar-refractivity contribution in [1.82, 2.24) is 20.3 Å². The molecule has 0 unspecified atom stereocenters. The molecule has 0 aliphatic carbocycles. The molecular formula is C13H11N5S. The molecule has 1 aliphatic heterocycles. The summed E-state index contributed by atoms with van der Waals surface area (Å²) in [7, 11) is 0. The normalized spacial score (nSPS) is 14.6. The minimum atomic E-state index is 0.835. The number of hydrogen-bond acceptors (Lipinski definition) is 5. The van der Waals surface area contributed by atoms with E-state index >= 15 is 0 Å². The summed E-state index contributed by atoms with van der Waals surface area (Å²) in [6, 6.07) is 3.99. The Morgan fingerprint density at radius 2 is 2.32 bits per heavy atom. The summed E-state index contributed by atoms with van der Waals surface area (Å²) in [5.41, 5.74) is 2.95. The Morgan fingerprint density at radius 3 is 3.21 bits per heavy atom. The van der Waals surface area contributed by atoms with Gasteiger partial charge in [0.1, 0.15) is 5.65 Å². The lowest BCUT2D eigenvalue weighted by atomic mass is 10.2. The summed E-state index contributed by atoms with van der Waals surface area (Å²) in [5.74, 6) is 0.911. The minimum Gasteiger partial charge on any atom is -0.366 e. The van der Waals surface area contributed by atoms with Crippen LogP contribution < -0.4 is 5.32 Å². The summed E-state index contributed by atoms with van der Waals surface area (Å²) in [6.07, 6.45) is 3.74. The van der Waals surface area contributed by atoms with Crippen LogP contribution in [0, 0.1) is 0 Å². The molecule has 0 atom stereocenters. The van der Waals surface area contributed by atoms with Crippen molar-refractivity contribution < 1.29 is 0 Å². The van der Waals surface area contributed by atoms with Gasteiger partial charge in [-0.25, -0.2) is 9.97 Å². The fourth-order valence-electron chi connectivity index (χ4n) is 2.22. The number of H-pyrrole nitrogens is 1. The average Bonchev–Trinajstić information content (AvgIpc) is 3.18. The van der Waals surface area contributed by atoms with Crippen LogP contribution >= 0.6 is 11.3 Å². The zero-order valence-electron chi connectivity index (χ0n) is 10.1. The highest BCUT2D eigenvalue weighted by molar-refractivity contribution is 7.12. The van der Waals surface area contributed by atoms with Crippen LogP contribution in [-0.2, 0) is 0 Å². The summed E-state index contributed by atoms with van der Waals surface area (Å²) in [6.45, 7) is 1.74. The Morgan fingerprint density at radius 1 is 1.32 bits per heavy atom. The number of nitrogens with one attached hydrogen (secondary N) is 2. The molecule has 6 heteroatoms. The highest BCUT2D eigenvalue weighted by Gasteiger charge is 2.15. The second-order valence-electron chi connectivity index (χ2n) is 4.30. The van der Waals surface area contributed by atoms with Crippen molar-refractivity contribution in [3.05, 3.63) is 34.9 Å². The van der Waals surface area contributed by atoms with Gasteiger partial charge in [-0.1, -0.05) is 0 Å². The van der Waals surface area contributed by atoms with E-state index in [1.807, 2.05) is 12.3 Å². The van der Waals surface area contributed by atoms with E-state index in [2.05, 4.69) is 36.7 Å². The maximum atomic E-state index is 4.66. The van der Waals surface area contributed by atoms with Gasteiger partial charge in [0.25, 0.3) is 0 Å². The van der Waals surface area contributed by atoms with Crippen molar-refractivity contribution in [2.75, 3.05) is 13.1 Å². The molecule has 0 amide bonds. The molecule has 4 heterocycles. The Kier molecular flexibility index (Phi) is 2.34. The van der Waals surface area contributed by atoms with E-state index in [1.54, 1.807) is 17.5 Å². The molecule has 3 aromatic heterocycles. The van der Waals surface area contributed by atoms with Gasteiger partial charge in [0.15, 0.2) is 10.8 Å². The second-order valence-corrected chi connectivity index (χ2v) is 5.16. The Labute approximate surface area is 113 Å². The van der Waals surface area contributed by atoms with Gasteiger partial charge in [0, 0.05) is 35.3 Å². The first kappa shape index (κ1) is 10.7. The molecule has 0 fully saturated rings. The van der Waals surface area contributed by atoms with E-state index in [0.29, 0.717) is 0 Å². The van der Waals surface area contributed by atoms with Gasteiger partial charge in [-0.15, -0.1) is 11.3 Å². The van der Waals surface area contributed by atoms with Crippen molar-refractivity contribution in [2.45, 2.75) is 0 Å². The van der Waals surface area contributed by atoms with E-state index in [4.69, 9.17) is 0 Å². The number of rotatable bonds is 2. The first-order valence-electron chi connectivity index (χ1n) is 6.08. The number of fused-ring (bicyclic) bond motifs is 1. The molecule has 0 saturated heterocycles. The molecule has 4 rings (SSSR count). The first-order valence-corrected chi connectivity index (χ1v) is 6.96. The SMILES string of the molecule is c1cnc2[nH]cc(-c3csc(C4=NCCN4)n3)c2c1. The quantitative estimate of drug-likeness (QED) is 0.748. The van der Waals surface area contributed by atoms with Gasteiger partial charge in [0.2, 0.25) is 0 Å². The van der Waals surface area contributed by atoms with Crippen molar-refractivity contribution in [3.8, 4) is 11.3 Å². The number of aromatic nitrogens is 3. The molecule has 2 N–H and O–H groups in total. The number of aromatic amines is 1. The maximum absolute atomic E-state index is 4.66. The number of nitrogens with zero attached hydrogens (tertiary/aromatic N) is 3. The maximum Gasteiger partial charge on any atom is 0.158 e. The molecule has 0 bridgehead atoms. The van der Waals surface area contributed by atoms with Crippen LogP contribution in [0.3, 0.4) is 0 Å². The average molecular weight is 269 g/mol. The number of thiazole rings is 1. The van der Waals surface area contributed by atoms with Crippen LogP contribution in [0.2, 0.25) is 0 Å². The second kappa shape index (κ2) is 4.17. The monoisotopic (exact) mass is 269 g/mol. The zero-order chi connectivity index (χ0) is 12.7. The van der Waals surface area contributed by atoms with Crippen LogP contribution in [-0.4, -0.2) is 33.9 Å². The predicted octanol–water partition coefficient (Wildman–Crippen LogP) is 2.04. The molecule has 0 aromatic carbocycles. The van der Waals surface area contributed by atoms with Crippen LogP contribution in [0.15, 0.2) is 34.9 Å². The van der Waals surface area contributed by atoms with Gasteiger partial charge in [-0.05, 0) is 12.1 Å². The number of aliphatic imine (C=N–C) groups is 1. The van der Waals surface area contributed by atoms with Crippen LogP contribution in [0.25, 0.3) is 22.3 Å². The molecule has 1 aliphatic rings. The Hall–Kier alpha value is -2.21.